The van der Waals surface area contributed by atoms with E-state index < -0.39 is 6.10 Å². The second-order valence-electron chi connectivity index (χ2n) is 4.55. The molecule has 0 spiro atoms. The highest BCUT2D eigenvalue weighted by Crippen LogP contribution is 2.25. The zero-order valence-corrected chi connectivity index (χ0v) is 11.4. The van der Waals surface area contributed by atoms with Crippen LogP contribution >= 0.6 is 0 Å². The van der Waals surface area contributed by atoms with Crippen LogP contribution in [-0.2, 0) is 20.8 Å². The van der Waals surface area contributed by atoms with Crippen LogP contribution in [0.4, 0.5) is 0 Å². The molecule has 0 N–H and O–H groups in total. The number of nitrogens with zero attached hydrogens (tertiary/aromatic N) is 2. The number of aryl methyl sites for hydroxylation is 1. The Bertz CT molecular complexity index is 419. The third-order valence-electron chi connectivity index (χ3n) is 2.99. The number of carbonyl (C=O) groups is 1. The molecule has 1 saturated carbocycles. The molecule has 2 rings (SSSR count). The Morgan fingerprint density at radius 1 is 1.47 bits per heavy atom. The molecule has 1 aliphatic carbocycles. The number of ether oxygens (including phenoxy) is 3. The van der Waals surface area contributed by atoms with Gasteiger partial charge in [0.2, 0.25) is 0 Å². The van der Waals surface area contributed by atoms with Gasteiger partial charge in [-0.05, 0) is 6.42 Å². The van der Waals surface area contributed by atoms with E-state index in [2.05, 4.69) is 12.0 Å². The number of methoxy groups -OCH3 is 1. The Morgan fingerprint density at radius 2 is 2.32 bits per heavy atom. The molecule has 2 unspecified atom stereocenters. The third kappa shape index (κ3) is 3.54. The van der Waals surface area contributed by atoms with Gasteiger partial charge in [-0.1, -0.05) is 6.92 Å². The van der Waals surface area contributed by atoms with Crippen LogP contribution in [0.1, 0.15) is 19.8 Å². The summed E-state index contributed by atoms with van der Waals surface area (Å²) in [6.45, 7) is 3.83. The topological polar surface area (TPSA) is 62.6 Å². The number of hydrogen-bond acceptors (Lipinski definition) is 5. The van der Waals surface area contributed by atoms with Gasteiger partial charge >= 0.3 is 0 Å². The van der Waals surface area contributed by atoms with Gasteiger partial charge in [-0.2, -0.15) is 5.10 Å². The molecule has 6 nitrogen and oxygen atoms in total. The van der Waals surface area contributed by atoms with Gasteiger partial charge in [-0.25, -0.2) is 0 Å². The molecule has 1 fully saturated rings. The van der Waals surface area contributed by atoms with Crippen molar-refractivity contribution >= 4 is 5.78 Å². The van der Waals surface area contributed by atoms with Crippen LogP contribution in [0.5, 0.6) is 5.75 Å². The van der Waals surface area contributed by atoms with Crippen molar-refractivity contribution in [3.63, 3.8) is 0 Å². The van der Waals surface area contributed by atoms with Crippen molar-refractivity contribution in [1.82, 2.24) is 9.78 Å². The van der Waals surface area contributed by atoms with Crippen LogP contribution in [0.25, 0.3) is 0 Å². The smallest absolute Gasteiger partial charge is 0.169 e. The molecule has 0 radical (unpaired) electrons. The minimum atomic E-state index is -0.468. The molecule has 1 aromatic rings. The lowest BCUT2D eigenvalue weighted by Crippen LogP contribution is -2.52. The maximum Gasteiger partial charge on any atom is 0.169 e. The summed E-state index contributed by atoms with van der Waals surface area (Å²) in [7, 11) is 1.60. The summed E-state index contributed by atoms with van der Waals surface area (Å²) in [5, 5.41) is 4.18. The Kier molecular flexibility index (Phi) is 4.93. The second-order valence-corrected chi connectivity index (χ2v) is 4.55. The van der Waals surface area contributed by atoms with Gasteiger partial charge in [0.25, 0.3) is 0 Å². The number of hydrogen-bond donors (Lipinski definition) is 0. The lowest BCUT2D eigenvalue weighted by atomic mass is 9.90. The summed E-state index contributed by atoms with van der Waals surface area (Å²) in [6.07, 6.45) is 4.26. The molecule has 0 bridgehead atoms. The lowest BCUT2D eigenvalue weighted by Gasteiger charge is -2.34. The van der Waals surface area contributed by atoms with Gasteiger partial charge < -0.3 is 14.2 Å². The Morgan fingerprint density at radius 3 is 3.00 bits per heavy atom. The standard InChI is InChI=1S/C13H20N2O4/c1-3-4-15-9-10(8-14-15)19-12-7-11(16)13(12)18-6-5-17-2/h8-9,12-13H,3-7H2,1-2H3. The van der Waals surface area contributed by atoms with Crippen molar-refractivity contribution in [2.75, 3.05) is 20.3 Å². The SMILES string of the molecule is CCCn1cc(OC2CC(=O)C2OCCOC)cn1. The fourth-order valence-corrected chi connectivity index (χ4v) is 1.96. The zero-order valence-electron chi connectivity index (χ0n) is 11.4. The van der Waals surface area contributed by atoms with Crippen molar-refractivity contribution in [3.05, 3.63) is 12.4 Å². The molecule has 0 aliphatic heterocycles. The number of aromatic nitrogens is 2. The molecule has 19 heavy (non-hydrogen) atoms. The van der Waals surface area contributed by atoms with E-state index in [1.807, 2.05) is 10.9 Å². The molecular weight excluding hydrogens is 248 g/mol. The van der Waals surface area contributed by atoms with Crippen molar-refractivity contribution in [3.8, 4) is 5.75 Å². The molecule has 1 aliphatic rings. The van der Waals surface area contributed by atoms with Gasteiger partial charge in [0.15, 0.2) is 17.6 Å². The summed E-state index contributed by atoms with van der Waals surface area (Å²) in [5.41, 5.74) is 0. The highest BCUT2D eigenvalue weighted by Gasteiger charge is 2.42. The van der Waals surface area contributed by atoms with E-state index in [-0.39, 0.29) is 11.9 Å². The number of ketones is 1. The van der Waals surface area contributed by atoms with Gasteiger partial charge in [0.1, 0.15) is 6.10 Å². The van der Waals surface area contributed by atoms with E-state index >= 15 is 0 Å². The monoisotopic (exact) mass is 268 g/mol. The van der Waals surface area contributed by atoms with Gasteiger partial charge in [0.05, 0.1) is 25.6 Å². The fraction of sp³-hybridized carbons (Fsp3) is 0.692. The first-order valence-corrected chi connectivity index (χ1v) is 6.57. The number of rotatable bonds is 8. The predicted molar refractivity (Wildman–Crippen MR) is 68.2 cm³/mol. The zero-order chi connectivity index (χ0) is 13.7. The van der Waals surface area contributed by atoms with Crippen molar-refractivity contribution in [2.24, 2.45) is 0 Å². The van der Waals surface area contributed by atoms with E-state index in [1.165, 1.54) is 0 Å². The Balaban J connectivity index is 1.82. The number of Topliss-reactive ketones (excluding diaryl/α,β-unsaturated/α-hetero) is 1. The third-order valence-corrected chi connectivity index (χ3v) is 2.99. The first-order valence-electron chi connectivity index (χ1n) is 6.57. The molecule has 6 heteroatoms. The Hall–Kier alpha value is -1.40. The highest BCUT2D eigenvalue weighted by atomic mass is 16.6. The van der Waals surface area contributed by atoms with Crippen LogP contribution in [-0.4, -0.2) is 48.1 Å². The van der Waals surface area contributed by atoms with Crippen LogP contribution in [0.2, 0.25) is 0 Å². The molecule has 1 aromatic heterocycles. The van der Waals surface area contributed by atoms with Gasteiger partial charge in [-0.3, -0.25) is 9.48 Å². The van der Waals surface area contributed by atoms with E-state index in [9.17, 15) is 4.79 Å². The molecular formula is C13H20N2O4. The van der Waals surface area contributed by atoms with E-state index in [4.69, 9.17) is 14.2 Å². The van der Waals surface area contributed by atoms with Crippen LogP contribution in [0.3, 0.4) is 0 Å². The van der Waals surface area contributed by atoms with Crippen LogP contribution in [0, 0.1) is 0 Å². The molecule has 0 amide bonds. The summed E-state index contributed by atoms with van der Waals surface area (Å²) < 4.78 is 17.9. The van der Waals surface area contributed by atoms with E-state index in [0.717, 1.165) is 13.0 Å². The first-order chi connectivity index (χ1) is 9.24. The predicted octanol–water partition coefficient (Wildman–Crippen LogP) is 1.04. The largest absolute Gasteiger partial charge is 0.483 e. The van der Waals surface area contributed by atoms with Crippen molar-refractivity contribution in [1.29, 1.82) is 0 Å². The minimum absolute atomic E-state index is 0.0852. The van der Waals surface area contributed by atoms with Crippen molar-refractivity contribution < 1.29 is 19.0 Å². The summed E-state index contributed by atoms with van der Waals surface area (Å²) in [5.74, 6) is 0.772. The van der Waals surface area contributed by atoms with Gasteiger partial charge in [0, 0.05) is 20.1 Å². The van der Waals surface area contributed by atoms with Gasteiger partial charge in [-0.15, -0.1) is 0 Å². The normalized spacial score (nSPS) is 22.3. The molecule has 0 aromatic carbocycles. The average Bonchev–Trinajstić information content (AvgIpc) is 2.82. The summed E-state index contributed by atoms with van der Waals surface area (Å²) in [4.78, 5) is 11.5. The maximum atomic E-state index is 11.5. The number of carbonyl (C=O) groups excluding carboxylic acids is 1. The molecule has 106 valence electrons. The van der Waals surface area contributed by atoms with E-state index in [0.29, 0.717) is 25.4 Å². The lowest BCUT2D eigenvalue weighted by molar-refractivity contribution is -0.156. The van der Waals surface area contributed by atoms with Crippen molar-refractivity contribution in [2.45, 2.75) is 38.5 Å². The average molecular weight is 268 g/mol. The molecule has 2 atom stereocenters. The first kappa shape index (κ1) is 14.0. The molecule has 1 heterocycles. The quantitative estimate of drug-likeness (QED) is 0.659. The minimum Gasteiger partial charge on any atom is -0.483 e. The maximum absolute atomic E-state index is 11.5. The van der Waals surface area contributed by atoms with E-state index in [1.54, 1.807) is 13.3 Å². The van der Waals surface area contributed by atoms with Crippen LogP contribution < -0.4 is 4.74 Å². The highest BCUT2D eigenvalue weighted by molar-refractivity contribution is 5.90. The van der Waals surface area contributed by atoms with Crippen LogP contribution in [0.15, 0.2) is 12.4 Å². The summed E-state index contributed by atoms with van der Waals surface area (Å²) >= 11 is 0. The fourth-order valence-electron chi connectivity index (χ4n) is 1.96. The molecule has 0 saturated heterocycles. The second kappa shape index (κ2) is 6.68. The Labute approximate surface area is 112 Å². The summed E-state index contributed by atoms with van der Waals surface area (Å²) in [6, 6.07) is 0.